The second kappa shape index (κ2) is 10.1. The molecule has 0 radical (unpaired) electrons. The van der Waals surface area contributed by atoms with Crippen LogP contribution in [0.25, 0.3) is 16.6 Å². The van der Waals surface area contributed by atoms with Gasteiger partial charge in [-0.25, -0.2) is 4.79 Å². The number of benzene rings is 3. The molecule has 3 aromatic carbocycles. The second-order valence-corrected chi connectivity index (χ2v) is 9.01. The van der Waals surface area contributed by atoms with E-state index in [0.717, 1.165) is 33.5 Å². The van der Waals surface area contributed by atoms with Crippen molar-refractivity contribution in [3.8, 4) is 11.1 Å². The van der Waals surface area contributed by atoms with Gasteiger partial charge in [-0.05, 0) is 70.8 Å². The minimum Gasteiger partial charge on any atom is -0.478 e. The van der Waals surface area contributed by atoms with Crippen LogP contribution in [0.15, 0.2) is 103 Å². The van der Waals surface area contributed by atoms with Crippen molar-refractivity contribution in [2.24, 2.45) is 0 Å². The minimum absolute atomic E-state index is 0.209. The van der Waals surface area contributed by atoms with E-state index in [1.165, 1.54) is 12.1 Å². The van der Waals surface area contributed by atoms with Gasteiger partial charge in [-0.1, -0.05) is 66.2 Å². The lowest BCUT2D eigenvalue weighted by Crippen LogP contribution is -2.25. The van der Waals surface area contributed by atoms with E-state index in [2.05, 4.69) is 11.4 Å². The number of amides is 1. The number of aromatic nitrogens is 1. The summed E-state index contributed by atoms with van der Waals surface area (Å²) in [5, 5.41) is 12.8. The molecular formula is C30H23ClN2O3. The van der Waals surface area contributed by atoms with Gasteiger partial charge in [0.2, 0.25) is 0 Å². The highest BCUT2D eigenvalue weighted by atomic mass is 35.5. The summed E-state index contributed by atoms with van der Waals surface area (Å²) in [7, 11) is 0. The second-order valence-electron chi connectivity index (χ2n) is 8.57. The van der Waals surface area contributed by atoms with Crippen LogP contribution in [0.2, 0.25) is 5.02 Å². The predicted octanol–water partition coefficient (Wildman–Crippen LogP) is 6.48. The molecule has 0 aliphatic heterocycles. The number of aromatic carboxylic acids is 1. The first-order valence-electron chi connectivity index (χ1n) is 11.5. The van der Waals surface area contributed by atoms with Gasteiger partial charge in [0.05, 0.1) is 5.56 Å². The summed E-state index contributed by atoms with van der Waals surface area (Å²) in [6.45, 7) is 0.278. The Kier molecular flexibility index (Phi) is 6.56. The van der Waals surface area contributed by atoms with Crippen LogP contribution in [-0.2, 0) is 13.0 Å². The molecule has 0 bridgehead atoms. The molecule has 1 amide bonds. The molecule has 5 nitrogen and oxygen atoms in total. The van der Waals surface area contributed by atoms with Gasteiger partial charge in [0.1, 0.15) is 5.69 Å². The molecule has 2 heterocycles. The molecule has 0 aliphatic carbocycles. The highest BCUT2D eigenvalue weighted by Crippen LogP contribution is 2.26. The lowest BCUT2D eigenvalue weighted by Gasteiger charge is -2.14. The maximum absolute atomic E-state index is 13.5. The quantitative estimate of drug-likeness (QED) is 0.272. The zero-order valence-electron chi connectivity index (χ0n) is 19.3. The molecule has 0 atom stereocenters. The minimum atomic E-state index is -0.981. The number of carboxylic acids is 1. The molecule has 5 aromatic rings. The first kappa shape index (κ1) is 23.4. The van der Waals surface area contributed by atoms with Crippen LogP contribution >= 0.6 is 11.6 Å². The smallest absolute Gasteiger partial charge is 0.335 e. The number of fused-ring (bicyclic) bond motifs is 1. The highest BCUT2D eigenvalue weighted by Gasteiger charge is 2.16. The number of carboxylic acid groups (broad SMARTS) is 1. The zero-order valence-corrected chi connectivity index (χ0v) is 20.1. The van der Waals surface area contributed by atoms with Gasteiger partial charge >= 0.3 is 5.97 Å². The van der Waals surface area contributed by atoms with Crippen LogP contribution in [0.5, 0.6) is 0 Å². The van der Waals surface area contributed by atoms with Crippen molar-refractivity contribution in [2.45, 2.75) is 13.0 Å². The van der Waals surface area contributed by atoms with Crippen LogP contribution < -0.4 is 5.32 Å². The summed E-state index contributed by atoms with van der Waals surface area (Å²) in [5.74, 6) is -1.20. The van der Waals surface area contributed by atoms with Gasteiger partial charge in [0.15, 0.2) is 0 Å². The number of carbonyl (C=O) groups is 2. The number of pyridine rings is 1. The van der Waals surface area contributed by atoms with E-state index in [1.54, 1.807) is 12.1 Å². The fourth-order valence-corrected chi connectivity index (χ4v) is 4.53. The Morgan fingerprint density at radius 2 is 1.56 bits per heavy atom. The Morgan fingerprint density at radius 3 is 2.28 bits per heavy atom. The third kappa shape index (κ3) is 5.02. The highest BCUT2D eigenvalue weighted by molar-refractivity contribution is 6.30. The molecule has 0 aliphatic rings. The first-order valence-corrected chi connectivity index (χ1v) is 11.9. The summed E-state index contributed by atoms with van der Waals surface area (Å²) in [5.41, 5.74) is 6.47. The van der Waals surface area contributed by atoms with Crippen LogP contribution in [0, 0.1) is 0 Å². The van der Waals surface area contributed by atoms with E-state index in [0.29, 0.717) is 17.1 Å². The maximum atomic E-state index is 13.5. The fourth-order valence-electron chi connectivity index (χ4n) is 4.31. The Morgan fingerprint density at radius 1 is 0.778 bits per heavy atom. The first-order chi connectivity index (χ1) is 17.5. The van der Waals surface area contributed by atoms with Gasteiger partial charge in [0.25, 0.3) is 5.91 Å². The SMILES string of the molecule is O=C(O)c1ccc(CNC(=O)c2cc(-c3ccccc3)cc3ccc(Cc4cccc(Cl)c4)n23)cc1. The molecule has 0 spiro atoms. The van der Waals surface area contributed by atoms with Gasteiger partial charge in [-0.3, -0.25) is 4.79 Å². The fraction of sp³-hybridized carbons (Fsp3) is 0.0667. The molecule has 2 N–H and O–H groups in total. The van der Waals surface area contributed by atoms with E-state index in [-0.39, 0.29) is 18.0 Å². The average Bonchev–Trinajstić information content (AvgIpc) is 3.30. The Hall–Kier alpha value is -4.35. The summed E-state index contributed by atoms with van der Waals surface area (Å²) in [6, 6.07) is 32.2. The topological polar surface area (TPSA) is 70.8 Å². The number of halogens is 1. The van der Waals surface area contributed by atoms with Crippen molar-refractivity contribution in [1.29, 1.82) is 0 Å². The average molecular weight is 495 g/mol. The number of carbonyl (C=O) groups excluding carboxylic acids is 1. The number of rotatable bonds is 7. The lowest BCUT2D eigenvalue weighted by atomic mass is 10.0. The Bertz CT molecular complexity index is 1560. The largest absolute Gasteiger partial charge is 0.478 e. The van der Waals surface area contributed by atoms with E-state index in [9.17, 15) is 9.59 Å². The van der Waals surface area contributed by atoms with Crippen molar-refractivity contribution in [2.75, 3.05) is 0 Å². The third-order valence-electron chi connectivity index (χ3n) is 6.10. The van der Waals surface area contributed by atoms with Gasteiger partial charge < -0.3 is 14.8 Å². The van der Waals surface area contributed by atoms with E-state index in [4.69, 9.17) is 16.7 Å². The predicted molar refractivity (Wildman–Crippen MR) is 142 cm³/mol. The van der Waals surface area contributed by atoms with Crippen molar-refractivity contribution in [3.63, 3.8) is 0 Å². The number of nitrogens with one attached hydrogen (secondary N) is 1. The monoisotopic (exact) mass is 494 g/mol. The van der Waals surface area contributed by atoms with Crippen LogP contribution in [0.4, 0.5) is 0 Å². The van der Waals surface area contributed by atoms with Crippen molar-refractivity contribution < 1.29 is 14.7 Å². The number of nitrogens with zero attached hydrogens (tertiary/aromatic N) is 1. The third-order valence-corrected chi connectivity index (χ3v) is 6.33. The summed E-state index contributed by atoms with van der Waals surface area (Å²) in [6.07, 6.45) is 0.621. The maximum Gasteiger partial charge on any atom is 0.335 e. The molecule has 2 aromatic heterocycles. The molecular weight excluding hydrogens is 472 g/mol. The summed E-state index contributed by atoms with van der Waals surface area (Å²) < 4.78 is 1.98. The van der Waals surface area contributed by atoms with Gasteiger partial charge in [-0.15, -0.1) is 0 Å². The van der Waals surface area contributed by atoms with Gasteiger partial charge in [0, 0.05) is 29.2 Å². The van der Waals surface area contributed by atoms with E-state index in [1.807, 2.05) is 77.2 Å². The van der Waals surface area contributed by atoms with Gasteiger partial charge in [-0.2, -0.15) is 0 Å². The molecule has 0 saturated heterocycles. The normalized spacial score (nSPS) is 10.9. The summed E-state index contributed by atoms with van der Waals surface area (Å²) in [4.78, 5) is 24.6. The van der Waals surface area contributed by atoms with Crippen LogP contribution in [0.3, 0.4) is 0 Å². The molecule has 5 rings (SSSR count). The molecule has 6 heteroatoms. The summed E-state index contributed by atoms with van der Waals surface area (Å²) >= 11 is 6.20. The molecule has 0 fully saturated rings. The van der Waals surface area contributed by atoms with E-state index < -0.39 is 5.97 Å². The molecule has 178 valence electrons. The molecule has 0 saturated carbocycles. The Labute approximate surface area is 213 Å². The van der Waals surface area contributed by atoms with Crippen molar-refractivity contribution >= 4 is 29.0 Å². The van der Waals surface area contributed by atoms with E-state index >= 15 is 0 Å². The zero-order chi connectivity index (χ0) is 25.1. The molecule has 0 unspecified atom stereocenters. The lowest BCUT2D eigenvalue weighted by molar-refractivity contribution is 0.0696. The molecule has 36 heavy (non-hydrogen) atoms. The van der Waals surface area contributed by atoms with Crippen LogP contribution in [-0.4, -0.2) is 21.4 Å². The standard InChI is InChI=1S/C30H23ClN2O3/c31-25-8-4-5-21(15-25)16-26-13-14-27-17-24(22-6-2-1-3-7-22)18-28(33(26)27)29(34)32-19-20-9-11-23(12-10-20)30(35)36/h1-15,17-18H,16,19H2,(H,32,34)(H,35,36). The number of hydrogen-bond acceptors (Lipinski definition) is 2. The van der Waals surface area contributed by atoms with Crippen molar-refractivity contribution in [3.05, 3.63) is 136 Å². The van der Waals surface area contributed by atoms with Crippen molar-refractivity contribution in [1.82, 2.24) is 9.72 Å². The Balaban J connectivity index is 1.51. The number of hydrogen-bond donors (Lipinski definition) is 2. The van der Waals surface area contributed by atoms with Crippen LogP contribution in [0.1, 0.15) is 37.7 Å².